The van der Waals surface area contributed by atoms with E-state index in [2.05, 4.69) is 165 Å². The maximum Gasteiger partial charge on any atom is 0.297 e. The van der Waals surface area contributed by atoms with Crippen LogP contribution in [0.1, 0.15) is 215 Å². The van der Waals surface area contributed by atoms with Crippen molar-refractivity contribution in [1.29, 1.82) is 0 Å². The lowest BCUT2D eigenvalue weighted by Crippen LogP contribution is -2.20. The van der Waals surface area contributed by atoms with Crippen molar-refractivity contribution in [1.82, 2.24) is 0 Å². The van der Waals surface area contributed by atoms with Gasteiger partial charge in [-0.1, -0.05) is 253 Å². The Bertz CT molecular complexity index is 5140. The van der Waals surface area contributed by atoms with E-state index in [0.717, 1.165) is 55.6 Å². The smallest absolute Gasteiger partial charge is 0.297 e. The van der Waals surface area contributed by atoms with E-state index in [1.165, 1.54) is 60.7 Å². The Morgan fingerprint density at radius 1 is 0.200 bits per heavy atom. The molecular weight excluding hydrogens is 1680 g/mol. The van der Waals surface area contributed by atoms with Gasteiger partial charge in [-0.25, -0.2) is 0 Å². The minimum Gasteiger partial charge on any atom is -0.491 e. The summed E-state index contributed by atoms with van der Waals surface area (Å²) in [6, 6.07) is 52.6. The zero-order valence-electron chi connectivity index (χ0n) is 75.6. The predicted molar refractivity (Wildman–Crippen MR) is 489 cm³/mol. The van der Waals surface area contributed by atoms with Gasteiger partial charge in [0.25, 0.3) is 50.6 Å². The standard InChI is InChI=1S/C100H120O20S5/c1-66-21-31-86(32-22-66)121(101,102)116-46-41-111-91-71-51-73-58-82(97(9,10)11)60-75(92(73)112-42-47-117-122(103,104)87-33-23-67(2)24-34-87)53-77-62-84(99(15,16)17)64-79(94(77)114-44-49-119-124(107,108)89-37-27-69(4)28-38-89)55-80-65-85(100(18,19)20)63-78(95(80)115-45-50-120-125(109,110)90-39-29-70(5)30-40-90)54-76-61-83(98(12,13)14)59-74(52-72(91)57-81(56-71)96(6,7)8)93(76)113-43-48-118-123(105,106)88-35-25-68(3)26-36-88/h21-40,56-65H,41-55H2,1-20H3. The van der Waals surface area contributed by atoms with Crippen LogP contribution in [-0.2, 0) is 131 Å². The second-order valence-electron chi connectivity index (χ2n) is 37.4. The van der Waals surface area contributed by atoms with Crippen LogP contribution in [0.4, 0.5) is 0 Å². The largest absolute Gasteiger partial charge is 0.491 e. The topological polar surface area (TPSA) is 263 Å². The molecule has 0 saturated carbocycles. The molecule has 0 radical (unpaired) electrons. The molecule has 0 unspecified atom stereocenters. The van der Waals surface area contributed by atoms with Gasteiger partial charge in [0.05, 0.1) is 24.5 Å². The van der Waals surface area contributed by atoms with Crippen molar-refractivity contribution in [2.45, 2.75) is 222 Å². The van der Waals surface area contributed by atoms with E-state index in [1.807, 2.05) is 34.6 Å². The quantitative estimate of drug-likeness (QED) is 0.0299. The SMILES string of the molecule is Cc1ccc(S(=O)(=O)OCCOc2c3cc(C(C)(C)C)cc2Cc2cc(C(C)(C)C)cc(c2OCCOS(=O)(=O)c2ccc(C)cc2)Cc2cc(C(C)(C)C)cc(c2OCCOS(=O)(=O)c2ccc(C)cc2)Cc2cc(C(C)(C)C)cc(c2OCCOS(=O)(=O)c2ccc(C)cc2)Cc2cc(C(C)(C)C)cc(c2OCCOS(=O)(=O)c2ccc(C)cc2)C3)cc1. The fraction of sp³-hybridized carbons (Fsp3) is 0.400. The number of benzene rings is 10. The van der Waals surface area contributed by atoms with Gasteiger partial charge < -0.3 is 23.7 Å². The summed E-state index contributed by atoms with van der Waals surface area (Å²) in [6.45, 7) is 37.2. The number of fused-ring (bicyclic) bond motifs is 10. The van der Waals surface area contributed by atoms with Gasteiger partial charge in [0, 0.05) is 32.1 Å². The van der Waals surface area contributed by atoms with Gasteiger partial charge in [0.15, 0.2) is 0 Å². The first-order valence-corrected chi connectivity index (χ1v) is 49.1. The molecule has 670 valence electrons. The van der Waals surface area contributed by atoms with Crippen LogP contribution in [0.2, 0.25) is 0 Å². The maximum absolute atomic E-state index is 14.1. The Balaban J connectivity index is 1.22. The average Bonchev–Trinajstić information content (AvgIpc) is 0.761. The normalized spacial score (nSPS) is 13.4. The molecule has 1 aliphatic rings. The van der Waals surface area contributed by atoms with Gasteiger partial charge in [0.1, 0.15) is 94.8 Å². The molecule has 0 N–H and O–H groups in total. The fourth-order valence-corrected chi connectivity index (χ4v) is 19.0. The first-order chi connectivity index (χ1) is 58.3. The van der Waals surface area contributed by atoms with Crippen LogP contribution < -0.4 is 23.7 Å². The molecule has 20 nitrogen and oxygen atoms in total. The molecule has 11 rings (SSSR count). The lowest BCUT2D eigenvalue weighted by molar-refractivity contribution is 0.216. The Hall–Kier alpha value is -9.25. The summed E-state index contributed by atoms with van der Waals surface area (Å²) in [5.41, 5.74) is 12.1. The third kappa shape index (κ3) is 25.2. The van der Waals surface area contributed by atoms with Crippen molar-refractivity contribution >= 4 is 50.6 Å². The molecule has 10 bridgehead atoms. The summed E-state index contributed by atoms with van der Waals surface area (Å²) in [5, 5.41) is 0. The Morgan fingerprint density at radius 2 is 0.320 bits per heavy atom. The molecule has 10 aromatic rings. The van der Waals surface area contributed by atoms with Crippen molar-refractivity contribution in [3.05, 3.63) is 293 Å². The first-order valence-electron chi connectivity index (χ1n) is 42.1. The van der Waals surface area contributed by atoms with Crippen LogP contribution in [0, 0.1) is 34.6 Å². The summed E-state index contributed by atoms with van der Waals surface area (Å²) in [6.07, 6.45) is 0.381. The third-order valence-electron chi connectivity index (χ3n) is 21.8. The van der Waals surface area contributed by atoms with Gasteiger partial charge in [-0.15, -0.1) is 0 Å². The predicted octanol–water partition coefficient (Wildman–Crippen LogP) is 19.9. The van der Waals surface area contributed by atoms with Gasteiger partial charge in [-0.3, -0.25) is 20.9 Å². The number of hydrogen-bond acceptors (Lipinski definition) is 20. The summed E-state index contributed by atoms with van der Waals surface area (Å²) in [7, 11) is -21.6. The van der Waals surface area contributed by atoms with E-state index in [9.17, 15) is 42.1 Å². The van der Waals surface area contributed by atoms with Crippen molar-refractivity contribution in [3.63, 3.8) is 0 Å². The molecule has 125 heavy (non-hydrogen) atoms. The van der Waals surface area contributed by atoms with Crippen molar-refractivity contribution in [3.8, 4) is 28.7 Å². The van der Waals surface area contributed by atoms with Gasteiger partial charge in [-0.2, -0.15) is 42.1 Å². The molecule has 0 fully saturated rings. The molecule has 1 aliphatic carbocycles. The summed E-state index contributed by atoms with van der Waals surface area (Å²) >= 11 is 0. The molecular formula is C100H120O20S5. The Morgan fingerprint density at radius 3 is 0.432 bits per heavy atom. The zero-order valence-corrected chi connectivity index (χ0v) is 79.7. The first kappa shape index (κ1) is 96.4. The number of hydrogen-bond donors (Lipinski definition) is 0. The fourth-order valence-electron chi connectivity index (χ4n) is 14.5. The highest BCUT2D eigenvalue weighted by atomic mass is 32.2. The van der Waals surface area contributed by atoms with Crippen LogP contribution in [0.25, 0.3) is 0 Å². The molecule has 10 aromatic carbocycles. The number of aryl methyl sites for hydroxylation is 5. The van der Waals surface area contributed by atoms with Crippen LogP contribution in [0.5, 0.6) is 28.7 Å². The van der Waals surface area contributed by atoms with Gasteiger partial charge in [0.2, 0.25) is 0 Å². The summed E-state index contributed by atoms with van der Waals surface area (Å²) in [5.74, 6) is 1.81. The highest BCUT2D eigenvalue weighted by Gasteiger charge is 2.33. The lowest BCUT2D eigenvalue weighted by Gasteiger charge is -2.29. The monoisotopic (exact) mass is 1800 g/mol. The molecule has 0 saturated heterocycles. The van der Waals surface area contributed by atoms with Crippen molar-refractivity contribution < 1.29 is 86.7 Å². The van der Waals surface area contributed by atoms with E-state index < -0.39 is 111 Å². The third-order valence-corrected chi connectivity index (χ3v) is 28.5. The van der Waals surface area contributed by atoms with E-state index in [0.29, 0.717) is 84.4 Å². The minimum absolute atomic E-state index is 0.0396. The zero-order chi connectivity index (χ0) is 91.2. The number of ether oxygens (including phenoxy) is 5. The second-order valence-corrected chi connectivity index (χ2v) is 45.5. The highest BCUT2D eigenvalue weighted by Crippen LogP contribution is 2.46. The molecule has 0 heterocycles. The van der Waals surface area contributed by atoms with E-state index in [4.69, 9.17) is 44.6 Å². The molecule has 0 aliphatic heterocycles. The average molecular weight is 1800 g/mol. The maximum atomic E-state index is 14.1. The highest BCUT2D eigenvalue weighted by molar-refractivity contribution is 7.87. The Labute approximate surface area is 742 Å². The van der Waals surface area contributed by atoms with Crippen LogP contribution in [0.15, 0.2) is 206 Å². The molecule has 25 heteroatoms. The molecule has 0 aromatic heterocycles. The van der Waals surface area contributed by atoms with Crippen LogP contribution in [-0.4, -0.2) is 108 Å². The van der Waals surface area contributed by atoms with Crippen molar-refractivity contribution in [2.75, 3.05) is 66.1 Å². The minimum atomic E-state index is -4.33. The number of rotatable bonds is 30. The summed E-state index contributed by atoms with van der Waals surface area (Å²) in [4.78, 5) is -0.198. The van der Waals surface area contributed by atoms with E-state index >= 15 is 0 Å². The van der Waals surface area contributed by atoms with E-state index in [1.54, 1.807) is 60.7 Å². The molecule has 0 spiro atoms. The lowest BCUT2D eigenvalue weighted by atomic mass is 9.79. The molecule has 0 amide bonds. The van der Waals surface area contributed by atoms with Gasteiger partial charge in [-0.05, 0) is 206 Å². The van der Waals surface area contributed by atoms with Crippen LogP contribution in [0.3, 0.4) is 0 Å². The Kier molecular flexibility index (Phi) is 29.9. The van der Waals surface area contributed by atoms with Crippen LogP contribution >= 0.6 is 0 Å². The second kappa shape index (κ2) is 38.7. The molecule has 0 atom stereocenters. The summed E-state index contributed by atoms with van der Waals surface area (Å²) < 4.78 is 206. The van der Waals surface area contributed by atoms with Crippen molar-refractivity contribution in [2.24, 2.45) is 0 Å². The van der Waals surface area contributed by atoms with Gasteiger partial charge >= 0.3 is 0 Å². The van der Waals surface area contributed by atoms with E-state index in [-0.39, 0.29) is 89.6 Å².